The van der Waals surface area contributed by atoms with Crippen LogP contribution in [0.1, 0.15) is 38.7 Å². The predicted octanol–water partition coefficient (Wildman–Crippen LogP) is 4.61. The van der Waals surface area contributed by atoms with Crippen molar-refractivity contribution in [3.8, 4) is 0 Å². The molecule has 128 valence electrons. The van der Waals surface area contributed by atoms with E-state index in [0.29, 0.717) is 0 Å². The van der Waals surface area contributed by atoms with E-state index in [4.69, 9.17) is 21.1 Å². The van der Waals surface area contributed by atoms with Gasteiger partial charge in [0.15, 0.2) is 5.79 Å². The van der Waals surface area contributed by atoms with Gasteiger partial charge in [0, 0.05) is 37.5 Å². The van der Waals surface area contributed by atoms with Gasteiger partial charge in [0.25, 0.3) is 0 Å². The number of benzene rings is 1. The van der Waals surface area contributed by atoms with Crippen molar-refractivity contribution in [1.82, 2.24) is 4.90 Å². The van der Waals surface area contributed by atoms with E-state index in [2.05, 4.69) is 17.1 Å². The minimum atomic E-state index is -0.283. The van der Waals surface area contributed by atoms with Gasteiger partial charge in [-0.25, -0.2) is 0 Å². The maximum atomic E-state index is 5.88. The summed E-state index contributed by atoms with van der Waals surface area (Å²) in [5.41, 5.74) is 1.19. The first-order chi connectivity index (χ1) is 11.3. The van der Waals surface area contributed by atoms with Gasteiger partial charge in [-0.05, 0) is 24.1 Å². The lowest BCUT2D eigenvalue weighted by molar-refractivity contribution is -0.283. The van der Waals surface area contributed by atoms with Crippen molar-refractivity contribution in [2.75, 3.05) is 32.8 Å². The van der Waals surface area contributed by atoms with E-state index in [1.807, 2.05) is 38.1 Å². The zero-order valence-electron chi connectivity index (χ0n) is 14.3. The molecule has 0 amide bonds. The molecule has 2 saturated heterocycles. The van der Waals surface area contributed by atoms with Gasteiger partial charge in [-0.3, -0.25) is 4.90 Å². The van der Waals surface area contributed by atoms with Crippen LogP contribution in [-0.2, 0) is 9.47 Å². The number of hydrogen-bond acceptors (Lipinski definition) is 3. The minimum absolute atomic E-state index is 0.283. The highest BCUT2D eigenvalue weighted by Crippen LogP contribution is 2.30. The van der Waals surface area contributed by atoms with E-state index in [-0.39, 0.29) is 5.79 Å². The fraction of sp³-hybridized carbons (Fsp3) is 0.579. The third kappa shape index (κ3) is 5.61. The molecule has 3 nitrogen and oxygen atoms in total. The highest BCUT2D eigenvalue weighted by molar-refractivity contribution is 6.30. The van der Waals surface area contributed by atoms with Crippen LogP contribution in [0.4, 0.5) is 0 Å². The Kier molecular flexibility index (Phi) is 7.57. The Morgan fingerprint density at radius 2 is 1.70 bits per heavy atom. The lowest BCUT2D eigenvalue weighted by Gasteiger charge is -2.43. The maximum absolute atomic E-state index is 5.88. The summed E-state index contributed by atoms with van der Waals surface area (Å²) < 4.78 is 11.7. The molecule has 0 atom stereocenters. The van der Waals surface area contributed by atoms with Crippen LogP contribution in [0.3, 0.4) is 0 Å². The number of piperidine rings is 1. The molecule has 0 radical (unpaired) electrons. The summed E-state index contributed by atoms with van der Waals surface area (Å²) in [6.07, 6.45) is 7.33. The number of halogens is 1. The first kappa shape index (κ1) is 18.5. The monoisotopic (exact) mass is 337 g/mol. The summed E-state index contributed by atoms with van der Waals surface area (Å²) in [6, 6.07) is 7.91. The van der Waals surface area contributed by atoms with Gasteiger partial charge in [0.05, 0.1) is 13.2 Å². The fourth-order valence-corrected chi connectivity index (χ4v) is 3.02. The Morgan fingerprint density at radius 1 is 1.09 bits per heavy atom. The molecule has 2 aliphatic rings. The molecule has 2 heterocycles. The summed E-state index contributed by atoms with van der Waals surface area (Å²) >= 11 is 5.88. The fourth-order valence-electron chi connectivity index (χ4n) is 2.89. The van der Waals surface area contributed by atoms with Crippen molar-refractivity contribution in [1.29, 1.82) is 0 Å². The zero-order chi connectivity index (χ0) is 16.5. The van der Waals surface area contributed by atoms with Crippen LogP contribution in [0, 0.1) is 0 Å². The lowest BCUT2D eigenvalue weighted by atomic mass is 10.0. The third-order valence-electron chi connectivity index (χ3n) is 4.18. The van der Waals surface area contributed by atoms with Gasteiger partial charge in [0.1, 0.15) is 0 Å². The summed E-state index contributed by atoms with van der Waals surface area (Å²) in [4.78, 5) is 2.44. The summed E-state index contributed by atoms with van der Waals surface area (Å²) in [5.74, 6) is -0.283. The second-order valence-electron chi connectivity index (χ2n) is 5.72. The van der Waals surface area contributed by atoms with Gasteiger partial charge in [-0.2, -0.15) is 0 Å². The molecule has 1 spiro atoms. The molecule has 0 unspecified atom stereocenters. The molecule has 4 heteroatoms. The zero-order valence-corrected chi connectivity index (χ0v) is 15.0. The number of hydrogen-bond donors (Lipinski definition) is 0. The first-order valence-corrected chi connectivity index (χ1v) is 9.06. The third-order valence-corrected chi connectivity index (χ3v) is 4.43. The Bertz CT molecular complexity index is 471. The molecule has 0 saturated carbocycles. The van der Waals surface area contributed by atoms with Crippen molar-refractivity contribution < 1.29 is 9.47 Å². The van der Waals surface area contributed by atoms with Crippen LogP contribution < -0.4 is 0 Å². The quantitative estimate of drug-likeness (QED) is 0.804. The Morgan fingerprint density at radius 3 is 2.30 bits per heavy atom. The SMILES string of the molecule is CC.Clc1ccc(/C=C/CN2CCC3(CC2)OCCCO3)cc1. The van der Waals surface area contributed by atoms with E-state index in [9.17, 15) is 0 Å². The molecule has 0 N–H and O–H groups in total. The molecule has 3 rings (SSSR count). The molecule has 0 bridgehead atoms. The second-order valence-corrected chi connectivity index (χ2v) is 6.15. The first-order valence-electron chi connectivity index (χ1n) is 8.68. The summed E-state index contributed by atoms with van der Waals surface area (Å²) in [7, 11) is 0. The maximum Gasteiger partial charge on any atom is 0.170 e. The number of likely N-dealkylation sites (tertiary alicyclic amines) is 1. The standard InChI is InChI=1S/C17H22ClNO2.C2H6/c18-16-6-4-15(5-7-16)3-1-10-19-11-8-17(9-12-19)20-13-2-14-21-17;1-2/h1,3-7H,2,8-14H2;1-2H3/b3-1+;. The van der Waals surface area contributed by atoms with Crippen molar-refractivity contribution in [2.24, 2.45) is 0 Å². The minimum Gasteiger partial charge on any atom is -0.350 e. The Labute approximate surface area is 145 Å². The van der Waals surface area contributed by atoms with E-state index in [1.165, 1.54) is 5.56 Å². The Balaban J connectivity index is 0.000000924. The van der Waals surface area contributed by atoms with Crippen molar-refractivity contribution >= 4 is 17.7 Å². The lowest BCUT2D eigenvalue weighted by Crippen LogP contribution is -2.50. The van der Waals surface area contributed by atoms with Crippen LogP contribution in [0.5, 0.6) is 0 Å². The number of rotatable bonds is 3. The normalized spacial score (nSPS) is 21.2. The molecule has 0 aromatic heterocycles. The van der Waals surface area contributed by atoms with Crippen LogP contribution in [-0.4, -0.2) is 43.5 Å². The van der Waals surface area contributed by atoms with Crippen LogP contribution in [0.2, 0.25) is 5.02 Å². The largest absolute Gasteiger partial charge is 0.350 e. The van der Waals surface area contributed by atoms with E-state index >= 15 is 0 Å². The molecular formula is C19H28ClNO2. The highest BCUT2D eigenvalue weighted by Gasteiger charge is 2.37. The van der Waals surface area contributed by atoms with Gasteiger partial charge in [0.2, 0.25) is 0 Å². The molecule has 23 heavy (non-hydrogen) atoms. The number of ether oxygens (including phenoxy) is 2. The number of nitrogens with zero attached hydrogens (tertiary/aromatic N) is 1. The van der Waals surface area contributed by atoms with Crippen LogP contribution in [0.15, 0.2) is 30.3 Å². The van der Waals surface area contributed by atoms with Crippen molar-refractivity contribution in [2.45, 2.75) is 38.9 Å². The van der Waals surface area contributed by atoms with E-state index < -0.39 is 0 Å². The average Bonchev–Trinajstić information content (AvgIpc) is 2.61. The average molecular weight is 338 g/mol. The molecular weight excluding hydrogens is 310 g/mol. The van der Waals surface area contributed by atoms with Gasteiger partial charge >= 0.3 is 0 Å². The van der Waals surface area contributed by atoms with Crippen molar-refractivity contribution in [3.63, 3.8) is 0 Å². The van der Waals surface area contributed by atoms with Gasteiger partial charge in [-0.15, -0.1) is 0 Å². The summed E-state index contributed by atoms with van der Waals surface area (Å²) in [5, 5.41) is 0.779. The molecule has 2 fully saturated rings. The van der Waals surface area contributed by atoms with E-state index in [1.54, 1.807) is 0 Å². The topological polar surface area (TPSA) is 21.7 Å². The molecule has 2 aliphatic heterocycles. The van der Waals surface area contributed by atoms with Gasteiger partial charge < -0.3 is 9.47 Å². The summed E-state index contributed by atoms with van der Waals surface area (Å²) in [6.45, 7) is 8.72. The predicted molar refractivity (Wildman–Crippen MR) is 96.8 cm³/mol. The Hall–Kier alpha value is -0.870. The highest BCUT2D eigenvalue weighted by atomic mass is 35.5. The van der Waals surface area contributed by atoms with Crippen LogP contribution in [0.25, 0.3) is 6.08 Å². The second kappa shape index (κ2) is 9.43. The van der Waals surface area contributed by atoms with Crippen molar-refractivity contribution in [3.05, 3.63) is 40.9 Å². The molecule has 0 aliphatic carbocycles. The van der Waals surface area contributed by atoms with E-state index in [0.717, 1.165) is 57.1 Å². The molecule has 1 aromatic carbocycles. The molecule has 1 aromatic rings. The smallest absolute Gasteiger partial charge is 0.170 e. The van der Waals surface area contributed by atoms with Crippen LogP contribution >= 0.6 is 11.6 Å². The van der Waals surface area contributed by atoms with Gasteiger partial charge in [-0.1, -0.05) is 49.7 Å².